The molecule has 0 aliphatic rings. The van der Waals surface area contributed by atoms with Gasteiger partial charge in [-0.3, -0.25) is 0 Å². The van der Waals surface area contributed by atoms with Gasteiger partial charge < -0.3 is 0 Å². The molecule has 3 rings (SSSR count). The van der Waals surface area contributed by atoms with Gasteiger partial charge in [0.1, 0.15) is 0 Å². The van der Waals surface area contributed by atoms with Crippen LogP contribution in [0.5, 0.6) is 0 Å². The van der Waals surface area contributed by atoms with Gasteiger partial charge in [0, 0.05) is 5.75 Å². The Bertz CT molecular complexity index is 879. The summed E-state index contributed by atoms with van der Waals surface area (Å²) >= 11 is 1.55. The van der Waals surface area contributed by atoms with Crippen molar-refractivity contribution in [2.24, 2.45) is 0 Å². The average Bonchev–Trinajstić information content (AvgIpc) is 3.01. The fourth-order valence-corrected chi connectivity index (χ4v) is 3.17. The van der Waals surface area contributed by atoms with Crippen LogP contribution in [0.1, 0.15) is 22.3 Å². The van der Waals surface area contributed by atoms with Crippen molar-refractivity contribution in [3.8, 4) is 11.8 Å². The van der Waals surface area contributed by atoms with Crippen LogP contribution in [0.15, 0.2) is 47.6 Å². The van der Waals surface area contributed by atoms with Crippen LogP contribution in [0, 0.1) is 25.2 Å². The maximum atomic E-state index is 8.97. The lowest BCUT2D eigenvalue weighted by Crippen LogP contribution is -2.01. The highest BCUT2D eigenvalue weighted by Crippen LogP contribution is 2.24. The predicted octanol–water partition coefficient (Wildman–Crippen LogP) is 3.44. The lowest BCUT2D eigenvalue weighted by Gasteiger charge is -2.08. The Kier molecular flexibility index (Phi) is 4.40. The lowest BCUT2D eigenvalue weighted by molar-refractivity contribution is 0.751. The Morgan fingerprint density at radius 1 is 1.17 bits per heavy atom. The Morgan fingerprint density at radius 2 is 2.04 bits per heavy atom. The maximum Gasteiger partial charge on any atom is 0.214 e. The number of aromatic nitrogens is 4. The minimum Gasteiger partial charge on any atom is -0.192 e. The number of nitrogens with zero attached hydrogens (tertiary/aromatic N) is 5. The van der Waals surface area contributed by atoms with E-state index in [0.29, 0.717) is 11.3 Å². The largest absolute Gasteiger partial charge is 0.214 e. The summed E-state index contributed by atoms with van der Waals surface area (Å²) in [6.07, 6.45) is 0. The van der Waals surface area contributed by atoms with Crippen LogP contribution in [-0.4, -0.2) is 20.2 Å². The van der Waals surface area contributed by atoms with Gasteiger partial charge in [-0.15, -0.1) is 5.10 Å². The molecule has 0 saturated carbocycles. The number of tetrazole rings is 1. The molecular weight excluding hydrogens is 306 g/mol. The second-order valence-electron chi connectivity index (χ2n) is 5.26. The van der Waals surface area contributed by atoms with Crippen molar-refractivity contribution in [1.29, 1.82) is 5.26 Å². The molecule has 114 valence electrons. The fourth-order valence-electron chi connectivity index (χ4n) is 2.34. The molecule has 6 heteroatoms. The number of thioether (sulfide) groups is 1. The van der Waals surface area contributed by atoms with E-state index in [9.17, 15) is 0 Å². The second kappa shape index (κ2) is 6.63. The van der Waals surface area contributed by atoms with Crippen LogP contribution in [0.2, 0.25) is 0 Å². The van der Waals surface area contributed by atoms with E-state index in [-0.39, 0.29) is 0 Å². The van der Waals surface area contributed by atoms with Gasteiger partial charge in [0.05, 0.1) is 17.3 Å². The van der Waals surface area contributed by atoms with E-state index in [2.05, 4.69) is 47.6 Å². The number of nitriles is 1. The van der Waals surface area contributed by atoms with E-state index in [1.807, 2.05) is 24.3 Å². The van der Waals surface area contributed by atoms with Crippen molar-refractivity contribution in [2.75, 3.05) is 0 Å². The molecule has 0 fully saturated rings. The molecule has 5 nitrogen and oxygen atoms in total. The number of benzene rings is 2. The fraction of sp³-hybridized carbons (Fsp3) is 0.176. The standard InChI is InChI=1S/C17H15N5S/c1-12-6-7-16(13(2)8-12)22-17(19-20-21-22)23-11-15-5-3-4-14(9-15)10-18/h3-9H,11H2,1-2H3. The summed E-state index contributed by atoms with van der Waals surface area (Å²) in [5, 5.41) is 21.7. The van der Waals surface area contributed by atoms with Crippen LogP contribution >= 0.6 is 11.8 Å². The topological polar surface area (TPSA) is 67.4 Å². The zero-order valence-electron chi connectivity index (χ0n) is 12.9. The summed E-state index contributed by atoms with van der Waals surface area (Å²) in [5.41, 5.74) is 5.06. The molecule has 3 aromatic rings. The van der Waals surface area contributed by atoms with Gasteiger partial charge in [0.25, 0.3) is 0 Å². The second-order valence-corrected chi connectivity index (χ2v) is 6.21. The van der Waals surface area contributed by atoms with Gasteiger partial charge in [-0.05, 0) is 53.6 Å². The van der Waals surface area contributed by atoms with Crippen LogP contribution < -0.4 is 0 Å². The zero-order chi connectivity index (χ0) is 16.2. The number of hydrogen-bond acceptors (Lipinski definition) is 5. The number of rotatable bonds is 4. The van der Waals surface area contributed by atoms with Gasteiger partial charge in [0.15, 0.2) is 0 Å². The summed E-state index contributed by atoms with van der Waals surface area (Å²) < 4.78 is 1.76. The van der Waals surface area contributed by atoms with Gasteiger partial charge >= 0.3 is 0 Å². The molecule has 1 heterocycles. The summed E-state index contributed by atoms with van der Waals surface area (Å²) in [4.78, 5) is 0. The Labute approximate surface area is 139 Å². The van der Waals surface area contributed by atoms with Gasteiger partial charge in [-0.25, -0.2) is 0 Å². The average molecular weight is 321 g/mol. The third kappa shape index (κ3) is 3.41. The highest BCUT2D eigenvalue weighted by atomic mass is 32.2. The first kappa shape index (κ1) is 15.3. The molecular formula is C17H15N5S. The van der Waals surface area contributed by atoms with Crippen LogP contribution in [0.4, 0.5) is 0 Å². The quantitative estimate of drug-likeness (QED) is 0.689. The van der Waals surface area contributed by atoms with E-state index in [1.54, 1.807) is 22.5 Å². The highest BCUT2D eigenvalue weighted by Gasteiger charge is 2.11. The Balaban J connectivity index is 1.82. The Morgan fingerprint density at radius 3 is 2.83 bits per heavy atom. The summed E-state index contributed by atoms with van der Waals surface area (Å²) in [6.45, 7) is 4.11. The molecule has 23 heavy (non-hydrogen) atoms. The van der Waals surface area contributed by atoms with Crippen molar-refractivity contribution in [1.82, 2.24) is 20.2 Å². The summed E-state index contributed by atoms with van der Waals surface area (Å²) in [5.74, 6) is 0.709. The normalized spacial score (nSPS) is 10.5. The first-order valence-corrected chi connectivity index (χ1v) is 8.14. The summed E-state index contributed by atoms with van der Waals surface area (Å²) in [7, 11) is 0. The molecule has 0 aliphatic carbocycles. The zero-order valence-corrected chi connectivity index (χ0v) is 13.7. The van der Waals surface area contributed by atoms with Crippen molar-refractivity contribution in [3.05, 3.63) is 64.7 Å². The molecule has 0 saturated heterocycles. The minimum atomic E-state index is 0.664. The molecule has 0 spiro atoms. The predicted molar refractivity (Wildman–Crippen MR) is 89.3 cm³/mol. The third-order valence-electron chi connectivity index (χ3n) is 3.45. The molecule has 0 amide bonds. The van der Waals surface area contributed by atoms with E-state index >= 15 is 0 Å². The SMILES string of the molecule is Cc1ccc(-n2nnnc2SCc2cccc(C#N)c2)c(C)c1. The minimum absolute atomic E-state index is 0.664. The molecule has 0 bridgehead atoms. The van der Waals surface area contributed by atoms with Gasteiger partial charge in [-0.2, -0.15) is 9.94 Å². The maximum absolute atomic E-state index is 8.97. The molecule has 0 atom stereocenters. The van der Waals surface area contributed by atoms with Crippen molar-refractivity contribution >= 4 is 11.8 Å². The van der Waals surface area contributed by atoms with Crippen LogP contribution in [0.3, 0.4) is 0 Å². The van der Waals surface area contributed by atoms with E-state index in [4.69, 9.17) is 5.26 Å². The van der Waals surface area contributed by atoms with Crippen LogP contribution in [-0.2, 0) is 5.75 Å². The first-order chi connectivity index (χ1) is 11.2. The molecule has 0 N–H and O–H groups in total. The molecule has 2 aromatic carbocycles. The molecule has 0 aliphatic heterocycles. The van der Waals surface area contributed by atoms with Crippen LogP contribution in [0.25, 0.3) is 5.69 Å². The van der Waals surface area contributed by atoms with E-state index < -0.39 is 0 Å². The third-order valence-corrected chi connectivity index (χ3v) is 4.44. The number of aryl methyl sites for hydroxylation is 2. The van der Waals surface area contributed by atoms with E-state index in [1.165, 1.54) is 5.56 Å². The van der Waals surface area contributed by atoms with Gasteiger partial charge in [-0.1, -0.05) is 41.6 Å². The molecule has 1 aromatic heterocycles. The monoisotopic (exact) mass is 321 g/mol. The lowest BCUT2D eigenvalue weighted by atomic mass is 10.1. The van der Waals surface area contributed by atoms with E-state index in [0.717, 1.165) is 22.0 Å². The van der Waals surface area contributed by atoms with Crippen molar-refractivity contribution in [3.63, 3.8) is 0 Å². The molecule has 0 unspecified atom stereocenters. The Hall–Kier alpha value is -2.65. The van der Waals surface area contributed by atoms with Crippen molar-refractivity contribution < 1.29 is 0 Å². The molecule has 0 radical (unpaired) electrons. The summed E-state index contributed by atoms with van der Waals surface area (Å²) in [6, 6.07) is 15.9. The smallest absolute Gasteiger partial charge is 0.192 e. The van der Waals surface area contributed by atoms with Gasteiger partial charge in [0.2, 0.25) is 5.16 Å². The highest BCUT2D eigenvalue weighted by molar-refractivity contribution is 7.98. The number of hydrogen-bond donors (Lipinski definition) is 0. The first-order valence-electron chi connectivity index (χ1n) is 7.15. The van der Waals surface area contributed by atoms with Crippen molar-refractivity contribution in [2.45, 2.75) is 24.8 Å².